The van der Waals surface area contributed by atoms with Crippen LogP contribution in [-0.2, 0) is 22.3 Å². The molecule has 0 saturated carbocycles. The Morgan fingerprint density at radius 3 is 2.57 bits per heavy atom. The molecule has 0 unspecified atom stereocenters. The summed E-state index contributed by atoms with van der Waals surface area (Å²) in [5.74, 6) is -0.0766. The minimum Gasteiger partial charge on any atom is -0.326 e. The number of hydrogen-bond donors (Lipinski definition) is 2. The molecule has 0 aromatic heterocycles. The van der Waals surface area contributed by atoms with Crippen LogP contribution in [0.1, 0.15) is 16.7 Å². The van der Waals surface area contributed by atoms with Gasteiger partial charge in [-0.3, -0.25) is 4.72 Å². The van der Waals surface area contributed by atoms with Crippen LogP contribution in [0.2, 0.25) is 0 Å². The van der Waals surface area contributed by atoms with Crippen molar-refractivity contribution in [2.24, 2.45) is 5.73 Å². The Balaban J connectivity index is 2.20. The molecule has 0 aliphatic carbocycles. The van der Waals surface area contributed by atoms with Crippen molar-refractivity contribution in [3.63, 3.8) is 0 Å². The molecular formula is C15H17BrN2O2S. The largest absolute Gasteiger partial charge is 0.326 e. The maximum atomic E-state index is 12.3. The van der Waals surface area contributed by atoms with E-state index < -0.39 is 10.0 Å². The minimum absolute atomic E-state index is 0.0766. The number of sulfonamides is 1. The van der Waals surface area contributed by atoms with Crippen molar-refractivity contribution in [1.29, 1.82) is 0 Å². The van der Waals surface area contributed by atoms with Crippen molar-refractivity contribution in [2.45, 2.75) is 19.2 Å². The molecule has 2 aromatic carbocycles. The maximum absolute atomic E-state index is 12.3. The summed E-state index contributed by atoms with van der Waals surface area (Å²) in [5.41, 5.74) is 8.67. The van der Waals surface area contributed by atoms with Crippen LogP contribution in [0.3, 0.4) is 0 Å². The van der Waals surface area contributed by atoms with Gasteiger partial charge in [0.15, 0.2) is 0 Å². The fraction of sp³-hybridized carbons (Fsp3) is 0.200. The Bertz CT molecular complexity index is 745. The molecule has 0 aliphatic heterocycles. The van der Waals surface area contributed by atoms with E-state index >= 15 is 0 Å². The van der Waals surface area contributed by atoms with Crippen LogP contribution < -0.4 is 10.5 Å². The highest BCUT2D eigenvalue weighted by Crippen LogP contribution is 2.22. The van der Waals surface area contributed by atoms with Crippen molar-refractivity contribution in [3.05, 3.63) is 63.6 Å². The summed E-state index contributed by atoms with van der Waals surface area (Å²) < 4.78 is 28.0. The highest BCUT2D eigenvalue weighted by molar-refractivity contribution is 9.10. The summed E-state index contributed by atoms with van der Waals surface area (Å²) in [5, 5.41) is 0. The summed E-state index contributed by atoms with van der Waals surface area (Å²) >= 11 is 3.34. The van der Waals surface area contributed by atoms with Crippen LogP contribution in [0, 0.1) is 6.92 Å². The summed E-state index contributed by atoms with van der Waals surface area (Å²) in [6.45, 7) is 2.26. The van der Waals surface area contributed by atoms with Crippen molar-refractivity contribution >= 4 is 31.6 Å². The average Bonchev–Trinajstić information content (AvgIpc) is 2.42. The maximum Gasteiger partial charge on any atom is 0.236 e. The fourth-order valence-corrected chi connectivity index (χ4v) is 3.58. The minimum atomic E-state index is -3.46. The average molecular weight is 369 g/mol. The Labute approximate surface area is 133 Å². The van der Waals surface area contributed by atoms with E-state index in [1.165, 1.54) is 0 Å². The molecule has 0 heterocycles. The van der Waals surface area contributed by atoms with Gasteiger partial charge in [-0.25, -0.2) is 8.42 Å². The van der Waals surface area contributed by atoms with E-state index in [2.05, 4.69) is 20.7 Å². The van der Waals surface area contributed by atoms with Gasteiger partial charge in [0.1, 0.15) is 0 Å². The van der Waals surface area contributed by atoms with Crippen LogP contribution >= 0.6 is 15.9 Å². The van der Waals surface area contributed by atoms with Gasteiger partial charge in [-0.15, -0.1) is 0 Å². The molecule has 6 heteroatoms. The predicted molar refractivity (Wildman–Crippen MR) is 89.5 cm³/mol. The van der Waals surface area contributed by atoms with Crippen LogP contribution in [0.15, 0.2) is 46.9 Å². The standard InChI is InChI=1S/C15H17BrN2O2S/c1-11-5-6-14(16)8-15(11)18-21(19,20)10-13-4-2-3-12(7-13)9-17/h2-8,18H,9-10,17H2,1H3. The predicted octanol–water partition coefficient (Wildman–Crippen LogP) is 3.16. The van der Waals surface area contributed by atoms with Gasteiger partial charge in [-0.2, -0.15) is 0 Å². The Morgan fingerprint density at radius 2 is 1.86 bits per heavy atom. The third-order valence-corrected chi connectivity index (χ3v) is 4.79. The lowest BCUT2D eigenvalue weighted by Crippen LogP contribution is -2.16. The second-order valence-corrected chi connectivity index (χ2v) is 7.48. The Kier molecular flexibility index (Phi) is 5.03. The van der Waals surface area contributed by atoms with E-state index in [0.29, 0.717) is 12.2 Å². The quantitative estimate of drug-likeness (QED) is 0.851. The number of benzene rings is 2. The van der Waals surface area contributed by atoms with Gasteiger partial charge in [-0.1, -0.05) is 46.3 Å². The monoisotopic (exact) mass is 368 g/mol. The van der Waals surface area contributed by atoms with Gasteiger partial charge in [-0.05, 0) is 35.7 Å². The molecule has 0 spiro atoms. The number of rotatable bonds is 5. The molecule has 4 nitrogen and oxygen atoms in total. The molecule has 0 aliphatic rings. The number of hydrogen-bond acceptors (Lipinski definition) is 3. The van der Waals surface area contributed by atoms with Crippen molar-refractivity contribution in [3.8, 4) is 0 Å². The molecule has 0 atom stereocenters. The molecule has 0 bridgehead atoms. The highest BCUT2D eigenvalue weighted by Gasteiger charge is 2.13. The number of anilines is 1. The molecule has 0 radical (unpaired) electrons. The summed E-state index contributed by atoms with van der Waals surface area (Å²) in [4.78, 5) is 0. The van der Waals surface area contributed by atoms with E-state index in [0.717, 1.165) is 21.2 Å². The van der Waals surface area contributed by atoms with E-state index in [-0.39, 0.29) is 5.75 Å². The summed E-state index contributed by atoms with van der Waals surface area (Å²) in [7, 11) is -3.46. The second kappa shape index (κ2) is 6.60. The normalized spacial score (nSPS) is 11.4. The molecular weight excluding hydrogens is 352 g/mol. The van der Waals surface area contributed by atoms with Crippen LogP contribution in [-0.4, -0.2) is 8.42 Å². The lowest BCUT2D eigenvalue weighted by molar-refractivity contribution is 0.600. The van der Waals surface area contributed by atoms with Crippen LogP contribution in [0.25, 0.3) is 0 Å². The number of nitrogens with one attached hydrogen (secondary N) is 1. The summed E-state index contributed by atoms with van der Waals surface area (Å²) in [6, 6.07) is 12.8. The first-order valence-electron chi connectivity index (χ1n) is 6.44. The van der Waals surface area contributed by atoms with Gasteiger partial charge in [0.05, 0.1) is 11.4 Å². The zero-order valence-corrected chi connectivity index (χ0v) is 14.0. The molecule has 2 rings (SSSR count). The SMILES string of the molecule is Cc1ccc(Br)cc1NS(=O)(=O)Cc1cccc(CN)c1. The van der Waals surface area contributed by atoms with E-state index in [9.17, 15) is 8.42 Å². The lowest BCUT2D eigenvalue weighted by atomic mass is 10.1. The Hall–Kier alpha value is -1.37. The molecule has 3 N–H and O–H groups in total. The first-order chi connectivity index (χ1) is 9.89. The number of aryl methyl sites for hydroxylation is 1. The van der Waals surface area contributed by atoms with Crippen molar-refractivity contribution in [1.82, 2.24) is 0 Å². The van der Waals surface area contributed by atoms with Gasteiger partial charge < -0.3 is 5.73 Å². The van der Waals surface area contributed by atoms with Crippen molar-refractivity contribution in [2.75, 3.05) is 4.72 Å². The number of nitrogens with two attached hydrogens (primary N) is 1. The third kappa shape index (κ3) is 4.56. The molecule has 112 valence electrons. The van der Waals surface area contributed by atoms with Gasteiger partial charge in [0.25, 0.3) is 0 Å². The van der Waals surface area contributed by atoms with Gasteiger partial charge >= 0.3 is 0 Å². The fourth-order valence-electron chi connectivity index (χ4n) is 1.97. The molecule has 2 aromatic rings. The molecule has 0 amide bonds. The smallest absolute Gasteiger partial charge is 0.236 e. The molecule has 0 saturated heterocycles. The second-order valence-electron chi connectivity index (χ2n) is 4.84. The van der Waals surface area contributed by atoms with E-state index in [4.69, 9.17) is 5.73 Å². The topological polar surface area (TPSA) is 72.2 Å². The highest BCUT2D eigenvalue weighted by atomic mass is 79.9. The number of halogens is 1. The van der Waals surface area contributed by atoms with Crippen LogP contribution in [0.5, 0.6) is 0 Å². The van der Waals surface area contributed by atoms with E-state index in [1.807, 2.05) is 37.3 Å². The zero-order chi connectivity index (χ0) is 15.5. The molecule has 21 heavy (non-hydrogen) atoms. The zero-order valence-electron chi connectivity index (χ0n) is 11.6. The van der Waals surface area contributed by atoms with Crippen molar-refractivity contribution < 1.29 is 8.42 Å². The first-order valence-corrected chi connectivity index (χ1v) is 8.89. The Morgan fingerprint density at radius 1 is 1.14 bits per heavy atom. The third-order valence-electron chi connectivity index (χ3n) is 3.05. The van der Waals surface area contributed by atoms with E-state index in [1.54, 1.807) is 12.1 Å². The van der Waals surface area contributed by atoms with Gasteiger partial charge in [0.2, 0.25) is 10.0 Å². The first kappa shape index (κ1) is 16.0. The lowest BCUT2D eigenvalue weighted by Gasteiger charge is -2.11. The summed E-state index contributed by atoms with van der Waals surface area (Å²) in [6.07, 6.45) is 0. The van der Waals surface area contributed by atoms with Crippen LogP contribution in [0.4, 0.5) is 5.69 Å². The molecule has 0 fully saturated rings. The van der Waals surface area contributed by atoms with Gasteiger partial charge in [0, 0.05) is 11.0 Å².